The number of hydrogen-bond donors (Lipinski definition) is 2. The predicted octanol–water partition coefficient (Wildman–Crippen LogP) is 3.34. The fourth-order valence-electron chi connectivity index (χ4n) is 3.20. The van der Waals surface area contributed by atoms with Crippen LogP contribution in [0.25, 0.3) is 33.2 Å². The maximum atomic E-state index is 12.4. The molecule has 3 N–H and O–H groups in total. The van der Waals surface area contributed by atoms with E-state index in [1.54, 1.807) is 42.8 Å². The van der Waals surface area contributed by atoms with E-state index < -0.39 is 18.4 Å². The van der Waals surface area contributed by atoms with E-state index >= 15 is 0 Å². The molecule has 0 radical (unpaired) electrons. The van der Waals surface area contributed by atoms with Crippen LogP contribution in [0.2, 0.25) is 0 Å². The molecule has 0 aliphatic heterocycles. The third-order valence-corrected chi connectivity index (χ3v) is 4.42. The molecule has 162 valence electrons. The molecule has 8 nitrogen and oxygen atoms in total. The minimum atomic E-state index is -4.44. The zero-order valence-corrected chi connectivity index (χ0v) is 16.7. The smallest absolute Gasteiger partial charge is 0.422 e. The molecule has 0 spiro atoms. The van der Waals surface area contributed by atoms with Gasteiger partial charge in [-0.2, -0.15) is 18.3 Å². The highest BCUT2D eigenvalue weighted by Crippen LogP contribution is 2.32. The van der Waals surface area contributed by atoms with Gasteiger partial charge >= 0.3 is 6.18 Å². The van der Waals surface area contributed by atoms with Crippen LogP contribution in [-0.4, -0.2) is 48.2 Å². The number of nitrogens with two attached hydrogens (primary N) is 1. The minimum Gasteiger partial charge on any atom is -0.468 e. The number of anilines is 1. The lowest BCUT2D eigenvalue weighted by molar-refractivity contribution is -0.154. The molecule has 0 saturated heterocycles. The lowest BCUT2D eigenvalue weighted by atomic mass is 10.1. The Morgan fingerprint density at radius 1 is 1.13 bits per heavy atom. The number of rotatable bonds is 5. The number of aliphatic hydroxyl groups is 1. The van der Waals surface area contributed by atoms with Gasteiger partial charge < -0.3 is 15.6 Å². The van der Waals surface area contributed by atoms with Crippen LogP contribution in [0.1, 0.15) is 13.8 Å². The molecule has 4 aromatic rings. The van der Waals surface area contributed by atoms with Crippen LogP contribution in [0.4, 0.5) is 19.0 Å². The van der Waals surface area contributed by atoms with Crippen LogP contribution in [0, 0.1) is 0 Å². The van der Waals surface area contributed by atoms with Crippen molar-refractivity contribution in [2.75, 3.05) is 12.3 Å². The molecule has 0 aliphatic rings. The first-order valence-corrected chi connectivity index (χ1v) is 9.30. The summed E-state index contributed by atoms with van der Waals surface area (Å²) in [6.45, 7) is 2.10. The molecule has 0 fully saturated rings. The van der Waals surface area contributed by atoms with Crippen LogP contribution in [-0.2, 0) is 6.54 Å². The summed E-state index contributed by atoms with van der Waals surface area (Å²) in [5.74, 6) is 0.131. The average Bonchev–Trinajstić information content (AvgIpc) is 3.03. The van der Waals surface area contributed by atoms with Crippen molar-refractivity contribution in [3.8, 4) is 17.1 Å². The Labute approximate surface area is 174 Å². The summed E-state index contributed by atoms with van der Waals surface area (Å²) in [7, 11) is 0. The molecule has 0 bridgehead atoms. The fourth-order valence-corrected chi connectivity index (χ4v) is 3.20. The third-order valence-electron chi connectivity index (χ3n) is 4.42. The Balaban J connectivity index is 1.76. The maximum Gasteiger partial charge on any atom is 0.422 e. The summed E-state index contributed by atoms with van der Waals surface area (Å²) in [5.41, 5.74) is 7.22. The standard InChI is InChI=1S/C20H19F3N6O2/c1-19(2,30)8-29-18-15(17(24)25-10-26-18)16(28-29)12-3-5-13-11(7-12)4-6-14(27-13)31-9-20(21,22)23/h3-7,10,30H,8-9H2,1-2H3,(H2,24,25,26). The van der Waals surface area contributed by atoms with Crippen molar-refractivity contribution in [3.63, 3.8) is 0 Å². The third kappa shape index (κ3) is 4.50. The second-order valence-corrected chi connectivity index (χ2v) is 7.74. The van der Waals surface area contributed by atoms with Crippen LogP contribution in [0.5, 0.6) is 5.88 Å². The van der Waals surface area contributed by atoms with E-state index in [1.807, 2.05) is 0 Å². The number of benzene rings is 1. The van der Waals surface area contributed by atoms with E-state index in [-0.39, 0.29) is 18.2 Å². The summed E-state index contributed by atoms with van der Waals surface area (Å²) < 4.78 is 43.4. The zero-order valence-electron chi connectivity index (χ0n) is 16.7. The molecule has 3 heterocycles. The molecule has 0 aliphatic carbocycles. The number of alkyl halides is 3. The molecule has 31 heavy (non-hydrogen) atoms. The highest BCUT2D eigenvalue weighted by Gasteiger charge is 2.28. The summed E-state index contributed by atoms with van der Waals surface area (Å²) >= 11 is 0. The lowest BCUT2D eigenvalue weighted by Crippen LogP contribution is -2.26. The maximum absolute atomic E-state index is 12.4. The van der Waals surface area contributed by atoms with Crippen LogP contribution < -0.4 is 10.5 Å². The first-order chi connectivity index (χ1) is 14.5. The Kier molecular flexibility index (Phi) is 4.92. The number of ether oxygens (including phenoxy) is 1. The minimum absolute atomic E-state index is 0.116. The van der Waals surface area contributed by atoms with E-state index in [0.717, 1.165) is 0 Å². The Morgan fingerprint density at radius 3 is 2.61 bits per heavy atom. The van der Waals surface area contributed by atoms with Crippen LogP contribution in [0.3, 0.4) is 0 Å². The van der Waals surface area contributed by atoms with Crippen molar-refractivity contribution < 1.29 is 23.0 Å². The lowest BCUT2D eigenvalue weighted by Gasteiger charge is -2.16. The monoisotopic (exact) mass is 432 g/mol. The van der Waals surface area contributed by atoms with Gasteiger partial charge in [0, 0.05) is 17.0 Å². The summed E-state index contributed by atoms with van der Waals surface area (Å²) in [4.78, 5) is 12.4. The quantitative estimate of drug-likeness (QED) is 0.497. The van der Waals surface area contributed by atoms with Crippen molar-refractivity contribution in [1.82, 2.24) is 24.7 Å². The van der Waals surface area contributed by atoms with Gasteiger partial charge in [-0.15, -0.1) is 0 Å². The highest BCUT2D eigenvalue weighted by atomic mass is 19.4. The summed E-state index contributed by atoms with van der Waals surface area (Å²) in [6.07, 6.45) is -3.11. The van der Waals surface area contributed by atoms with Gasteiger partial charge in [-0.1, -0.05) is 6.07 Å². The first kappa shape index (κ1) is 20.8. The van der Waals surface area contributed by atoms with Crippen molar-refractivity contribution in [1.29, 1.82) is 0 Å². The molecular weight excluding hydrogens is 413 g/mol. The van der Waals surface area contributed by atoms with E-state index in [2.05, 4.69) is 20.1 Å². The van der Waals surface area contributed by atoms with Gasteiger partial charge in [-0.25, -0.2) is 19.6 Å². The fraction of sp³-hybridized carbons (Fsp3) is 0.300. The van der Waals surface area contributed by atoms with Crippen LogP contribution in [0.15, 0.2) is 36.7 Å². The second kappa shape index (κ2) is 7.34. The van der Waals surface area contributed by atoms with Gasteiger partial charge in [0.2, 0.25) is 5.88 Å². The van der Waals surface area contributed by atoms with E-state index in [4.69, 9.17) is 10.5 Å². The normalized spacial score (nSPS) is 12.6. The van der Waals surface area contributed by atoms with Gasteiger partial charge in [-0.05, 0) is 32.0 Å². The van der Waals surface area contributed by atoms with Gasteiger partial charge in [0.15, 0.2) is 12.3 Å². The molecule has 0 amide bonds. The van der Waals surface area contributed by atoms with E-state index in [9.17, 15) is 18.3 Å². The number of aromatic nitrogens is 5. The SMILES string of the molecule is CC(C)(O)Cn1nc(-c2ccc3nc(OCC(F)(F)F)ccc3c2)c2c(N)ncnc21. The molecule has 1 aromatic carbocycles. The van der Waals surface area contributed by atoms with Gasteiger partial charge in [0.1, 0.15) is 17.8 Å². The molecular formula is C20H19F3N6O2. The average molecular weight is 432 g/mol. The van der Waals surface area contributed by atoms with E-state index in [1.165, 1.54) is 12.4 Å². The first-order valence-electron chi connectivity index (χ1n) is 9.30. The molecule has 0 unspecified atom stereocenters. The largest absolute Gasteiger partial charge is 0.468 e. The number of pyridine rings is 1. The zero-order chi connectivity index (χ0) is 22.4. The summed E-state index contributed by atoms with van der Waals surface area (Å²) in [6, 6.07) is 8.17. The Bertz CT molecular complexity index is 1260. The number of nitrogen functional groups attached to an aromatic ring is 1. The number of hydrogen-bond acceptors (Lipinski definition) is 7. The van der Waals surface area contributed by atoms with Crippen molar-refractivity contribution >= 4 is 27.8 Å². The predicted molar refractivity (Wildman–Crippen MR) is 108 cm³/mol. The Hall–Kier alpha value is -3.47. The molecule has 0 saturated carbocycles. The topological polar surface area (TPSA) is 112 Å². The highest BCUT2D eigenvalue weighted by molar-refractivity contribution is 5.99. The number of nitrogens with zero attached hydrogens (tertiary/aromatic N) is 5. The molecule has 3 aromatic heterocycles. The van der Waals surface area contributed by atoms with E-state index in [0.29, 0.717) is 33.2 Å². The van der Waals surface area contributed by atoms with Crippen molar-refractivity contribution in [2.24, 2.45) is 0 Å². The van der Waals surface area contributed by atoms with Gasteiger partial charge in [0.25, 0.3) is 0 Å². The Morgan fingerprint density at radius 2 is 1.90 bits per heavy atom. The van der Waals surface area contributed by atoms with Crippen LogP contribution >= 0.6 is 0 Å². The van der Waals surface area contributed by atoms with Gasteiger partial charge in [-0.3, -0.25) is 0 Å². The number of fused-ring (bicyclic) bond motifs is 2. The van der Waals surface area contributed by atoms with Crippen molar-refractivity contribution in [2.45, 2.75) is 32.2 Å². The molecule has 0 atom stereocenters. The second-order valence-electron chi connectivity index (χ2n) is 7.74. The van der Waals surface area contributed by atoms with Crippen molar-refractivity contribution in [3.05, 3.63) is 36.7 Å². The summed E-state index contributed by atoms with van der Waals surface area (Å²) in [5, 5.41) is 16.0. The molecule has 4 rings (SSSR count). The molecule has 11 heteroatoms. The number of halogens is 3. The van der Waals surface area contributed by atoms with Gasteiger partial charge in [0.05, 0.1) is 23.0 Å².